The Morgan fingerprint density at radius 2 is 1.42 bits per heavy atom. The van der Waals surface area contributed by atoms with Crippen LogP contribution in [0.3, 0.4) is 0 Å². The van der Waals surface area contributed by atoms with Crippen LogP contribution in [-0.4, -0.2) is 12.8 Å². The van der Waals surface area contributed by atoms with Crippen molar-refractivity contribution in [2.45, 2.75) is 11.4 Å². The predicted molar refractivity (Wildman–Crippen MR) is 71.4 cm³/mol. The van der Waals surface area contributed by atoms with Crippen LogP contribution in [0.25, 0.3) is 0 Å². The van der Waals surface area contributed by atoms with Crippen LogP contribution in [0, 0.1) is 4.91 Å². The van der Waals surface area contributed by atoms with Gasteiger partial charge in [0.2, 0.25) is 0 Å². The molecule has 0 amide bonds. The Balaban J connectivity index is 2.30. The number of nitrogens with zero attached hydrogens (tertiary/aromatic N) is 2. The van der Waals surface area contributed by atoms with Gasteiger partial charge in [0.05, 0.1) is 16.7 Å². The molecule has 0 aliphatic rings. The highest BCUT2D eigenvalue weighted by Gasteiger charge is 2.24. The zero-order chi connectivity index (χ0) is 13.7. The Kier molecular flexibility index (Phi) is 3.91. The molecule has 0 aromatic heterocycles. The number of hydrogen-bond donors (Lipinski definition) is 0. The third-order valence-electron chi connectivity index (χ3n) is 2.57. The van der Waals surface area contributed by atoms with Gasteiger partial charge in [-0.15, -0.1) is 9.32 Å². The molecule has 2 aromatic carbocycles. The third-order valence-corrected chi connectivity index (χ3v) is 4.19. The summed E-state index contributed by atoms with van der Waals surface area (Å²) in [6.07, 6.45) is 0. The minimum Gasteiger partial charge on any atom is -0.200 e. The first-order valence-electron chi connectivity index (χ1n) is 5.59. The highest BCUT2D eigenvalue weighted by molar-refractivity contribution is 7.89. The van der Waals surface area contributed by atoms with Crippen molar-refractivity contribution < 1.29 is 8.42 Å². The molecule has 0 aliphatic carbocycles. The molecule has 98 valence electrons. The van der Waals surface area contributed by atoms with E-state index in [1.165, 1.54) is 12.1 Å². The van der Waals surface area contributed by atoms with Crippen molar-refractivity contribution in [3.63, 3.8) is 0 Å². The largest absolute Gasteiger partial charge is 0.281 e. The van der Waals surface area contributed by atoms with E-state index in [4.69, 9.17) is 0 Å². The lowest BCUT2D eigenvalue weighted by Crippen LogP contribution is -2.25. The molecule has 5 nitrogen and oxygen atoms in total. The second-order valence-corrected chi connectivity index (χ2v) is 5.71. The molecule has 0 bridgehead atoms. The highest BCUT2D eigenvalue weighted by Crippen LogP contribution is 2.18. The van der Waals surface area contributed by atoms with Crippen molar-refractivity contribution in [2.24, 2.45) is 5.29 Å². The van der Waals surface area contributed by atoms with Gasteiger partial charge in [0.15, 0.2) is 0 Å². The van der Waals surface area contributed by atoms with E-state index in [9.17, 15) is 13.3 Å². The monoisotopic (exact) mass is 276 g/mol. The Hall–Kier alpha value is -2.21. The zero-order valence-corrected chi connectivity index (χ0v) is 10.8. The van der Waals surface area contributed by atoms with Gasteiger partial charge in [0, 0.05) is 0 Å². The summed E-state index contributed by atoms with van der Waals surface area (Å²) >= 11 is 0. The van der Waals surface area contributed by atoms with Gasteiger partial charge in [-0.1, -0.05) is 48.5 Å². The van der Waals surface area contributed by atoms with Crippen LogP contribution in [0.1, 0.15) is 5.56 Å². The lowest BCUT2D eigenvalue weighted by atomic mass is 10.2. The molecule has 0 saturated heterocycles. The van der Waals surface area contributed by atoms with Crippen LogP contribution in [0.2, 0.25) is 0 Å². The Morgan fingerprint density at radius 1 is 0.895 bits per heavy atom. The molecule has 0 radical (unpaired) electrons. The van der Waals surface area contributed by atoms with Gasteiger partial charge in [-0.3, -0.25) is 0 Å². The maximum atomic E-state index is 12.2. The fourth-order valence-corrected chi connectivity index (χ4v) is 2.76. The molecule has 0 spiro atoms. The molecule has 0 atom stereocenters. The van der Waals surface area contributed by atoms with Gasteiger partial charge in [-0.25, -0.2) is 0 Å². The van der Waals surface area contributed by atoms with Crippen LogP contribution in [-0.2, 0) is 16.6 Å². The molecule has 6 heteroatoms. The van der Waals surface area contributed by atoms with Crippen LogP contribution < -0.4 is 0 Å². The second kappa shape index (κ2) is 5.62. The molecule has 0 fully saturated rings. The van der Waals surface area contributed by atoms with E-state index < -0.39 is 10.0 Å². The normalized spacial score (nSPS) is 10.9. The van der Waals surface area contributed by atoms with Gasteiger partial charge in [0.25, 0.3) is 10.0 Å². The fourth-order valence-electron chi connectivity index (χ4n) is 1.61. The molecule has 0 heterocycles. The van der Waals surface area contributed by atoms with Crippen LogP contribution >= 0.6 is 0 Å². The minimum absolute atomic E-state index is 0.0468. The maximum absolute atomic E-state index is 12.2. The summed E-state index contributed by atoms with van der Waals surface area (Å²) in [5.74, 6) is 0. The first-order chi connectivity index (χ1) is 9.14. The second-order valence-electron chi connectivity index (χ2n) is 3.87. The molecule has 0 saturated carbocycles. The average molecular weight is 276 g/mol. The molecular weight excluding hydrogens is 264 g/mol. The van der Waals surface area contributed by atoms with Crippen molar-refractivity contribution in [1.29, 1.82) is 0 Å². The lowest BCUT2D eigenvalue weighted by molar-refractivity contribution is 0.421. The highest BCUT2D eigenvalue weighted by atomic mass is 32.2. The van der Waals surface area contributed by atoms with Gasteiger partial charge in [-0.05, 0) is 17.7 Å². The van der Waals surface area contributed by atoms with Gasteiger partial charge >= 0.3 is 0 Å². The van der Waals surface area contributed by atoms with E-state index in [2.05, 4.69) is 5.29 Å². The predicted octanol–water partition coefficient (Wildman–Crippen LogP) is 2.56. The maximum Gasteiger partial charge on any atom is 0.281 e. The van der Waals surface area contributed by atoms with Crippen LogP contribution in [0.5, 0.6) is 0 Å². The summed E-state index contributed by atoms with van der Waals surface area (Å²) in [4.78, 5) is 10.9. The quantitative estimate of drug-likeness (QED) is 0.622. The van der Waals surface area contributed by atoms with E-state index in [0.29, 0.717) is 9.98 Å². The van der Waals surface area contributed by atoms with Gasteiger partial charge in [-0.2, -0.15) is 8.42 Å². The zero-order valence-electron chi connectivity index (χ0n) is 10.0. The number of rotatable bonds is 5. The molecule has 2 aromatic rings. The SMILES string of the molecule is O=NN(Cc1ccccc1)S(=O)(=O)c1ccccc1. The first kappa shape index (κ1) is 13.2. The Morgan fingerprint density at radius 3 is 1.95 bits per heavy atom. The molecule has 0 N–H and O–H groups in total. The first-order valence-corrected chi connectivity index (χ1v) is 7.03. The summed E-state index contributed by atoms with van der Waals surface area (Å²) < 4.78 is 25.0. The molecule has 19 heavy (non-hydrogen) atoms. The Bertz CT molecular complexity index is 642. The number of benzene rings is 2. The summed E-state index contributed by atoms with van der Waals surface area (Å²) in [5.41, 5.74) is 0.696. The van der Waals surface area contributed by atoms with E-state index in [0.717, 1.165) is 0 Å². The van der Waals surface area contributed by atoms with Gasteiger partial charge < -0.3 is 0 Å². The molecule has 2 rings (SSSR count). The minimum atomic E-state index is -3.90. The molecule has 0 aliphatic heterocycles. The summed E-state index contributed by atoms with van der Waals surface area (Å²) in [5, 5.41) is 2.63. The fraction of sp³-hybridized carbons (Fsp3) is 0.0769. The average Bonchev–Trinajstić information content (AvgIpc) is 2.46. The van der Waals surface area contributed by atoms with E-state index >= 15 is 0 Å². The number of hydrogen-bond acceptors (Lipinski definition) is 4. The van der Waals surface area contributed by atoms with Crippen molar-refractivity contribution >= 4 is 10.0 Å². The summed E-state index contributed by atoms with van der Waals surface area (Å²) in [6.45, 7) is -0.0818. The smallest absolute Gasteiger partial charge is 0.200 e. The molecule has 0 unspecified atom stereocenters. The van der Waals surface area contributed by atoms with E-state index in [-0.39, 0.29) is 11.4 Å². The summed E-state index contributed by atoms with van der Waals surface area (Å²) in [6, 6.07) is 16.6. The standard InChI is InChI=1S/C13H12N2O3S/c16-14-15(11-12-7-3-1-4-8-12)19(17,18)13-9-5-2-6-10-13/h1-10H,11H2. The third kappa shape index (κ3) is 2.97. The number of nitroso groups, excluding NO2 is 1. The van der Waals surface area contributed by atoms with Crippen molar-refractivity contribution in [1.82, 2.24) is 4.41 Å². The summed E-state index contributed by atoms with van der Waals surface area (Å²) in [7, 11) is -3.90. The van der Waals surface area contributed by atoms with Crippen molar-refractivity contribution in [3.05, 3.63) is 71.1 Å². The molecular formula is C13H12N2O3S. The van der Waals surface area contributed by atoms with Crippen molar-refractivity contribution in [3.8, 4) is 0 Å². The van der Waals surface area contributed by atoms with Crippen LogP contribution in [0.15, 0.2) is 70.8 Å². The lowest BCUT2D eigenvalue weighted by Gasteiger charge is -2.15. The van der Waals surface area contributed by atoms with Crippen LogP contribution in [0.4, 0.5) is 0 Å². The topological polar surface area (TPSA) is 66.8 Å². The van der Waals surface area contributed by atoms with Crippen molar-refractivity contribution in [2.75, 3.05) is 0 Å². The Labute approximate surface area is 111 Å². The van der Waals surface area contributed by atoms with E-state index in [1.54, 1.807) is 42.5 Å². The van der Waals surface area contributed by atoms with E-state index in [1.807, 2.05) is 6.07 Å². The van der Waals surface area contributed by atoms with Gasteiger partial charge in [0.1, 0.15) is 0 Å². The number of sulfonamides is 1.